The Kier molecular flexibility index (Phi) is 6.31. The van der Waals surface area contributed by atoms with E-state index < -0.39 is 36.7 Å². The maximum Gasteiger partial charge on any atom is 0.326 e. The summed E-state index contributed by atoms with van der Waals surface area (Å²) in [5, 5.41) is 8.90. The van der Waals surface area contributed by atoms with Crippen molar-refractivity contribution < 1.29 is 23.1 Å². The van der Waals surface area contributed by atoms with Crippen LogP contribution in [0.25, 0.3) is 0 Å². The van der Waals surface area contributed by atoms with Gasteiger partial charge in [0.1, 0.15) is 6.04 Å². The van der Waals surface area contributed by atoms with Crippen molar-refractivity contribution in [3.05, 3.63) is 0 Å². The summed E-state index contributed by atoms with van der Waals surface area (Å²) < 4.78 is 29.8. The average molecular weight is 283 g/mol. The molecular formula is C9H21NO5SSi. The minimum atomic E-state index is -3.56. The number of esters is 1. The number of hydrogen-bond donors (Lipinski definition) is 2. The molecule has 0 fully saturated rings. The first-order valence-electron chi connectivity index (χ1n) is 5.30. The van der Waals surface area contributed by atoms with Gasteiger partial charge in [0.2, 0.25) is 10.0 Å². The Bertz CT molecular complexity index is 349. The van der Waals surface area contributed by atoms with E-state index in [9.17, 15) is 13.2 Å². The van der Waals surface area contributed by atoms with Crippen LogP contribution in [0.4, 0.5) is 0 Å². The van der Waals surface area contributed by atoms with Crippen LogP contribution in [0.15, 0.2) is 0 Å². The fourth-order valence-electron chi connectivity index (χ4n) is 1.02. The van der Waals surface area contributed by atoms with Gasteiger partial charge < -0.3 is 9.84 Å². The van der Waals surface area contributed by atoms with Gasteiger partial charge >= 0.3 is 5.97 Å². The topological polar surface area (TPSA) is 92.7 Å². The second-order valence-electron chi connectivity index (χ2n) is 5.01. The molecule has 8 heteroatoms. The number of hydrogen-bond acceptors (Lipinski definition) is 5. The standard InChI is InChI=1S/C9H21NO5SSi/c1-15-9(12)8(7-11)10-16(13,14)5-6-17(2,3)4/h8,10-11H,5-7H2,1-4H3/t8-/m0/s1. The van der Waals surface area contributed by atoms with Gasteiger partial charge in [0, 0.05) is 8.07 Å². The molecule has 0 amide bonds. The summed E-state index contributed by atoms with van der Waals surface area (Å²) in [7, 11) is -3.88. The fraction of sp³-hybridized carbons (Fsp3) is 0.889. The van der Waals surface area contributed by atoms with Crippen LogP contribution in [0.3, 0.4) is 0 Å². The van der Waals surface area contributed by atoms with Crippen molar-refractivity contribution in [2.75, 3.05) is 19.5 Å². The molecule has 0 heterocycles. The smallest absolute Gasteiger partial charge is 0.326 e. The molecule has 0 aliphatic heterocycles. The van der Waals surface area contributed by atoms with E-state index in [1.165, 1.54) is 0 Å². The Morgan fingerprint density at radius 3 is 2.29 bits per heavy atom. The molecule has 6 nitrogen and oxygen atoms in total. The normalized spacial score (nSPS) is 14.4. The van der Waals surface area contributed by atoms with Gasteiger partial charge in [0.15, 0.2) is 0 Å². The molecule has 0 aromatic carbocycles. The predicted octanol–water partition coefficient (Wildman–Crippen LogP) is -0.222. The zero-order chi connectivity index (χ0) is 13.7. The van der Waals surface area contributed by atoms with Crippen molar-refractivity contribution in [3.8, 4) is 0 Å². The summed E-state index contributed by atoms with van der Waals surface area (Å²) in [4.78, 5) is 11.1. The molecule has 102 valence electrons. The Morgan fingerprint density at radius 2 is 1.94 bits per heavy atom. The minimum Gasteiger partial charge on any atom is -0.468 e. The quantitative estimate of drug-likeness (QED) is 0.498. The SMILES string of the molecule is COC(=O)[C@H](CO)NS(=O)(=O)CC[Si](C)(C)C. The van der Waals surface area contributed by atoms with Crippen molar-refractivity contribution >= 4 is 24.1 Å². The van der Waals surface area contributed by atoms with Crippen LogP contribution < -0.4 is 4.72 Å². The molecule has 0 saturated carbocycles. The lowest BCUT2D eigenvalue weighted by atomic mass is 10.3. The van der Waals surface area contributed by atoms with Crippen LogP contribution in [0.1, 0.15) is 0 Å². The predicted molar refractivity (Wildman–Crippen MR) is 68.0 cm³/mol. The van der Waals surface area contributed by atoms with Crippen LogP contribution in [-0.4, -0.2) is 53.1 Å². The lowest BCUT2D eigenvalue weighted by Gasteiger charge is -2.18. The number of carbonyl (C=O) groups is 1. The number of aliphatic hydroxyl groups excluding tert-OH is 1. The number of methoxy groups -OCH3 is 1. The molecule has 0 aliphatic carbocycles. The van der Waals surface area contributed by atoms with Gasteiger partial charge in [-0.05, 0) is 6.04 Å². The van der Waals surface area contributed by atoms with Gasteiger partial charge in [-0.25, -0.2) is 8.42 Å². The van der Waals surface area contributed by atoms with Gasteiger partial charge in [-0.3, -0.25) is 4.79 Å². The van der Waals surface area contributed by atoms with E-state index in [2.05, 4.69) is 29.1 Å². The number of sulfonamides is 1. The molecule has 0 aliphatic rings. The Hall–Kier alpha value is -0.443. The lowest BCUT2D eigenvalue weighted by Crippen LogP contribution is -2.45. The first-order chi connectivity index (χ1) is 7.61. The van der Waals surface area contributed by atoms with Crippen molar-refractivity contribution in [1.29, 1.82) is 0 Å². The monoisotopic (exact) mass is 283 g/mol. The van der Waals surface area contributed by atoms with Gasteiger partial charge in [-0.2, -0.15) is 4.72 Å². The summed E-state index contributed by atoms with van der Waals surface area (Å²) >= 11 is 0. The second kappa shape index (κ2) is 6.48. The molecule has 0 radical (unpaired) electrons. The van der Waals surface area contributed by atoms with E-state index in [1.807, 2.05) is 0 Å². The van der Waals surface area contributed by atoms with Crippen molar-refractivity contribution in [2.45, 2.75) is 31.7 Å². The third-order valence-electron chi connectivity index (χ3n) is 2.11. The number of rotatable bonds is 7. The van der Waals surface area contributed by atoms with E-state index >= 15 is 0 Å². The first kappa shape index (κ1) is 16.6. The third-order valence-corrected chi connectivity index (χ3v) is 5.61. The highest BCUT2D eigenvalue weighted by Gasteiger charge is 2.26. The van der Waals surface area contributed by atoms with E-state index in [0.29, 0.717) is 6.04 Å². The number of ether oxygens (including phenoxy) is 1. The molecule has 1 atom stereocenters. The number of nitrogens with one attached hydrogen (secondary N) is 1. The van der Waals surface area contributed by atoms with Crippen LogP contribution in [0.5, 0.6) is 0 Å². The van der Waals surface area contributed by atoms with E-state index in [1.54, 1.807) is 0 Å². The largest absolute Gasteiger partial charge is 0.468 e. The molecule has 17 heavy (non-hydrogen) atoms. The summed E-state index contributed by atoms with van der Waals surface area (Å²) in [6.07, 6.45) is 0. The molecule has 0 saturated heterocycles. The highest BCUT2D eigenvalue weighted by molar-refractivity contribution is 7.89. The average Bonchev–Trinajstić information content (AvgIpc) is 2.21. The zero-order valence-electron chi connectivity index (χ0n) is 10.7. The fourth-order valence-corrected chi connectivity index (χ4v) is 5.26. The molecule has 0 aromatic heterocycles. The maximum absolute atomic E-state index is 11.7. The summed E-state index contributed by atoms with van der Waals surface area (Å²) in [5.74, 6) is -0.819. The Balaban J connectivity index is 4.48. The van der Waals surface area contributed by atoms with E-state index in [4.69, 9.17) is 5.11 Å². The first-order valence-corrected chi connectivity index (χ1v) is 10.7. The Labute approximate surface area is 103 Å². The molecule has 0 rings (SSSR count). The third kappa shape index (κ3) is 7.48. The number of carbonyl (C=O) groups excluding carboxylic acids is 1. The number of aliphatic hydroxyl groups is 1. The maximum atomic E-state index is 11.7. The van der Waals surface area contributed by atoms with Gasteiger partial charge in [0.05, 0.1) is 19.5 Å². The summed E-state index contributed by atoms with van der Waals surface area (Å²) in [5.41, 5.74) is 0. The molecule has 0 unspecified atom stereocenters. The van der Waals surface area contributed by atoms with Crippen molar-refractivity contribution in [2.24, 2.45) is 0 Å². The highest BCUT2D eigenvalue weighted by atomic mass is 32.2. The molecule has 0 spiro atoms. The minimum absolute atomic E-state index is 0.0315. The summed E-state index contributed by atoms with van der Waals surface area (Å²) in [6, 6.07) is -0.617. The van der Waals surface area contributed by atoms with Gasteiger partial charge in [0.25, 0.3) is 0 Å². The second-order valence-corrected chi connectivity index (χ2v) is 12.5. The van der Waals surface area contributed by atoms with Gasteiger partial charge in [-0.15, -0.1) is 0 Å². The molecule has 0 aromatic rings. The van der Waals surface area contributed by atoms with E-state index in [0.717, 1.165) is 7.11 Å². The van der Waals surface area contributed by atoms with Crippen LogP contribution >= 0.6 is 0 Å². The lowest BCUT2D eigenvalue weighted by molar-refractivity contribution is -0.143. The molecule has 0 bridgehead atoms. The zero-order valence-corrected chi connectivity index (χ0v) is 12.5. The molecular weight excluding hydrogens is 262 g/mol. The van der Waals surface area contributed by atoms with Crippen LogP contribution in [-0.2, 0) is 19.6 Å². The van der Waals surface area contributed by atoms with Crippen molar-refractivity contribution in [3.63, 3.8) is 0 Å². The van der Waals surface area contributed by atoms with E-state index in [-0.39, 0.29) is 5.75 Å². The van der Waals surface area contributed by atoms with Crippen LogP contribution in [0.2, 0.25) is 25.7 Å². The summed E-state index contributed by atoms with van der Waals surface area (Å²) in [6.45, 7) is 5.57. The Morgan fingerprint density at radius 1 is 1.41 bits per heavy atom. The van der Waals surface area contributed by atoms with Gasteiger partial charge in [-0.1, -0.05) is 19.6 Å². The van der Waals surface area contributed by atoms with Crippen molar-refractivity contribution in [1.82, 2.24) is 4.72 Å². The van der Waals surface area contributed by atoms with Crippen LogP contribution in [0, 0.1) is 0 Å². The highest BCUT2D eigenvalue weighted by Crippen LogP contribution is 2.09. The molecule has 2 N–H and O–H groups in total.